The van der Waals surface area contributed by atoms with Gasteiger partial charge in [-0.2, -0.15) is 4.68 Å². The molecule has 7 heteroatoms. The van der Waals surface area contributed by atoms with Gasteiger partial charge in [0.25, 0.3) is 0 Å². The Bertz CT molecular complexity index is 944. The molecule has 1 heterocycles. The maximum atomic E-state index is 12.4. The molecule has 2 aromatic carbocycles. The molecule has 25 heavy (non-hydrogen) atoms. The molecule has 0 saturated heterocycles. The third-order valence-electron chi connectivity index (χ3n) is 3.63. The number of hydrogen-bond acceptors (Lipinski definition) is 6. The summed E-state index contributed by atoms with van der Waals surface area (Å²) in [5, 5.41) is 4.08. The van der Waals surface area contributed by atoms with Crippen molar-refractivity contribution in [2.75, 3.05) is 14.2 Å². The third kappa shape index (κ3) is 3.45. The van der Waals surface area contributed by atoms with Crippen LogP contribution >= 0.6 is 0 Å². The fourth-order valence-corrected chi connectivity index (χ4v) is 2.34. The van der Waals surface area contributed by atoms with E-state index in [1.807, 2.05) is 18.2 Å². The molecular weight excluding hydrogens is 324 g/mol. The lowest BCUT2D eigenvalue weighted by molar-refractivity contribution is 0.0964. The van der Waals surface area contributed by atoms with Gasteiger partial charge in [0.15, 0.2) is 17.3 Å². The van der Waals surface area contributed by atoms with Gasteiger partial charge in [0, 0.05) is 11.1 Å². The zero-order chi connectivity index (χ0) is 17.8. The van der Waals surface area contributed by atoms with Crippen molar-refractivity contribution in [3.05, 3.63) is 64.6 Å². The average molecular weight is 340 g/mol. The second-order valence-corrected chi connectivity index (χ2v) is 5.19. The molecule has 0 radical (unpaired) electrons. The Balaban J connectivity index is 1.84. The lowest BCUT2D eigenvalue weighted by Crippen LogP contribution is -2.21. The summed E-state index contributed by atoms with van der Waals surface area (Å²) < 4.78 is 16.4. The van der Waals surface area contributed by atoms with E-state index in [0.29, 0.717) is 22.6 Å². The molecule has 1 aromatic heterocycles. The Hall–Kier alpha value is -3.35. The number of hydrogen-bond donors (Lipinski definition) is 0. The first-order valence-electron chi connectivity index (χ1n) is 7.51. The van der Waals surface area contributed by atoms with Gasteiger partial charge < -0.3 is 13.9 Å². The van der Waals surface area contributed by atoms with Gasteiger partial charge in [-0.15, -0.1) is 5.10 Å². The minimum absolute atomic E-state index is 0.172. The lowest BCUT2D eigenvalue weighted by Gasteiger charge is -2.08. The van der Waals surface area contributed by atoms with E-state index in [2.05, 4.69) is 5.10 Å². The van der Waals surface area contributed by atoms with E-state index in [0.717, 1.165) is 4.68 Å². The fraction of sp³-hybridized carbons (Fsp3) is 0.167. The molecule has 0 unspecified atom stereocenters. The molecule has 3 aromatic rings. The number of rotatable bonds is 6. The molecule has 0 aliphatic rings. The smallest absolute Gasteiger partial charge is 0.437 e. The average Bonchev–Trinajstić information content (AvgIpc) is 3.02. The van der Waals surface area contributed by atoms with Crippen molar-refractivity contribution in [1.29, 1.82) is 0 Å². The fourth-order valence-electron chi connectivity index (χ4n) is 2.34. The SMILES string of the molecule is COc1ccc(C(=O)Cn2nc(-c3ccccc3)oc2=O)cc1OC. The van der Waals surface area contributed by atoms with Crippen LogP contribution in [0, 0.1) is 0 Å². The van der Waals surface area contributed by atoms with Gasteiger partial charge >= 0.3 is 5.76 Å². The molecule has 0 spiro atoms. The monoisotopic (exact) mass is 340 g/mol. The van der Waals surface area contributed by atoms with E-state index in [9.17, 15) is 9.59 Å². The number of carbonyl (C=O) groups is 1. The molecule has 128 valence electrons. The summed E-state index contributed by atoms with van der Waals surface area (Å²) in [5.74, 6) is 0.143. The highest BCUT2D eigenvalue weighted by atomic mass is 16.5. The minimum atomic E-state index is -0.687. The van der Waals surface area contributed by atoms with Crippen LogP contribution in [0.3, 0.4) is 0 Å². The van der Waals surface area contributed by atoms with Crippen LogP contribution in [-0.2, 0) is 6.54 Å². The van der Waals surface area contributed by atoms with Crippen molar-refractivity contribution < 1.29 is 18.7 Å². The van der Waals surface area contributed by atoms with Crippen molar-refractivity contribution >= 4 is 5.78 Å². The maximum Gasteiger partial charge on any atom is 0.437 e. The van der Waals surface area contributed by atoms with E-state index >= 15 is 0 Å². The van der Waals surface area contributed by atoms with Gasteiger partial charge in [-0.1, -0.05) is 18.2 Å². The summed E-state index contributed by atoms with van der Waals surface area (Å²) in [6.07, 6.45) is 0. The summed E-state index contributed by atoms with van der Waals surface area (Å²) in [6, 6.07) is 13.8. The van der Waals surface area contributed by atoms with E-state index in [-0.39, 0.29) is 18.2 Å². The normalized spacial score (nSPS) is 10.5. The van der Waals surface area contributed by atoms with Crippen LogP contribution < -0.4 is 15.2 Å². The Morgan fingerprint density at radius 2 is 1.80 bits per heavy atom. The van der Waals surface area contributed by atoms with Crippen LogP contribution in [0.4, 0.5) is 0 Å². The standard InChI is InChI=1S/C18H16N2O5/c1-23-15-9-8-13(10-16(15)24-2)14(21)11-20-18(22)25-17(19-20)12-6-4-3-5-7-12/h3-10H,11H2,1-2H3. The van der Waals surface area contributed by atoms with Gasteiger partial charge in [-0.25, -0.2) is 4.79 Å². The van der Waals surface area contributed by atoms with Crippen LogP contribution in [0.5, 0.6) is 11.5 Å². The summed E-state index contributed by atoms with van der Waals surface area (Å²) in [6.45, 7) is -0.231. The zero-order valence-electron chi connectivity index (χ0n) is 13.8. The largest absolute Gasteiger partial charge is 0.493 e. The number of nitrogens with zero attached hydrogens (tertiary/aromatic N) is 2. The molecule has 0 fully saturated rings. The van der Waals surface area contributed by atoms with Crippen molar-refractivity contribution in [3.63, 3.8) is 0 Å². The molecule has 0 aliphatic carbocycles. The highest BCUT2D eigenvalue weighted by Gasteiger charge is 2.16. The number of carbonyl (C=O) groups excluding carboxylic acids is 1. The van der Waals surface area contributed by atoms with Crippen molar-refractivity contribution in [2.24, 2.45) is 0 Å². The predicted octanol–water partition coefficient (Wildman–Crippen LogP) is 2.40. The summed E-state index contributed by atoms with van der Waals surface area (Å²) in [7, 11) is 3.00. The van der Waals surface area contributed by atoms with Crippen molar-refractivity contribution in [2.45, 2.75) is 6.54 Å². The molecule has 7 nitrogen and oxygen atoms in total. The van der Waals surface area contributed by atoms with Gasteiger partial charge in [0.05, 0.1) is 14.2 Å². The van der Waals surface area contributed by atoms with Crippen molar-refractivity contribution in [3.8, 4) is 23.0 Å². The van der Waals surface area contributed by atoms with Crippen LogP contribution in [0.2, 0.25) is 0 Å². The Kier molecular flexibility index (Phi) is 4.65. The van der Waals surface area contributed by atoms with Gasteiger partial charge in [0.1, 0.15) is 6.54 Å². The highest BCUT2D eigenvalue weighted by Crippen LogP contribution is 2.27. The van der Waals surface area contributed by atoms with E-state index in [1.165, 1.54) is 14.2 Å². The van der Waals surface area contributed by atoms with Crippen LogP contribution in [0.1, 0.15) is 10.4 Å². The first-order valence-corrected chi connectivity index (χ1v) is 7.51. The van der Waals surface area contributed by atoms with Crippen LogP contribution in [0.25, 0.3) is 11.5 Å². The van der Waals surface area contributed by atoms with E-state index < -0.39 is 5.76 Å². The summed E-state index contributed by atoms with van der Waals surface area (Å²) in [4.78, 5) is 24.4. The first kappa shape index (κ1) is 16.5. The second-order valence-electron chi connectivity index (χ2n) is 5.19. The maximum absolute atomic E-state index is 12.4. The van der Waals surface area contributed by atoms with Gasteiger partial charge in [-0.05, 0) is 30.3 Å². The highest BCUT2D eigenvalue weighted by molar-refractivity contribution is 5.96. The molecule has 0 aliphatic heterocycles. The Morgan fingerprint density at radius 1 is 1.08 bits per heavy atom. The molecule has 0 saturated carbocycles. The lowest BCUT2D eigenvalue weighted by atomic mass is 10.1. The van der Waals surface area contributed by atoms with E-state index in [4.69, 9.17) is 13.9 Å². The Labute approximate surface area is 143 Å². The third-order valence-corrected chi connectivity index (χ3v) is 3.63. The molecule has 0 amide bonds. The summed E-state index contributed by atoms with van der Waals surface area (Å²) in [5.41, 5.74) is 1.05. The second kappa shape index (κ2) is 7.04. The molecular formula is C18H16N2O5. The number of Topliss-reactive ketones (excluding diaryl/α,β-unsaturated/α-hetero) is 1. The zero-order valence-corrected chi connectivity index (χ0v) is 13.8. The summed E-state index contributed by atoms with van der Waals surface area (Å²) >= 11 is 0. The quantitative estimate of drug-likeness (QED) is 0.641. The van der Waals surface area contributed by atoms with Crippen LogP contribution in [-0.4, -0.2) is 29.8 Å². The molecule has 0 atom stereocenters. The number of aromatic nitrogens is 2. The van der Waals surface area contributed by atoms with E-state index in [1.54, 1.807) is 30.3 Å². The van der Waals surface area contributed by atoms with Gasteiger partial charge in [0.2, 0.25) is 5.89 Å². The topological polar surface area (TPSA) is 83.6 Å². The molecule has 0 N–H and O–H groups in total. The van der Waals surface area contributed by atoms with Crippen molar-refractivity contribution in [1.82, 2.24) is 9.78 Å². The van der Waals surface area contributed by atoms with Crippen LogP contribution in [0.15, 0.2) is 57.7 Å². The Morgan fingerprint density at radius 3 is 2.48 bits per heavy atom. The number of methoxy groups -OCH3 is 2. The minimum Gasteiger partial charge on any atom is -0.493 e. The predicted molar refractivity (Wildman–Crippen MR) is 90.1 cm³/mol. The molecule has 0 bridgehead atoms. The van der Waals surface area contributed by atoms with Gasteiger partial charge in [-0.3, -0.25) is 4.79 Å². The molecule has 3 rings (SSSR count). The first-order chi connectivity index (χ1) is 12.1. The number of ketones is 1. The number of ether oxygens (including phenoxy) is 2. The number of benzene rings is 2.